The van der Waals surface area contributed by atoms with E-state index < -0.39 is 93.2 Å². The van der Waals surface area contributed by atoms with Gasteiger partial charge in [0.1, 0.15) is 40.0 Å². The van der Waals surface area contributed by atoms with E-state index in [1.54, 1.807) is 125 Å². The fourth-order valence-electron chi connectivity index (χ4n) is 4.98. The number of unbranched alkanes of at least 4 members (excludes halogenated alkanes) is 6. The molecule has 0 aromatic heterocycles. The van der Waals surface area contributed by atoms with Crippen molar-refractivity contribution in [2.45, 2.75) is 242 Å². The zero-order valence-electron chi connectivity index (χ0n) is 42.0. The summed E-state index contributed by atoms with van der Waals surface area (Å²) in [6.07, 6.45) is 6.29. The fourth-order valence-corrected chi connectivity index (χ4v) is 4.98. The van der Waals surface area contributed by atoms with Crippen LogP contribution in [0.15, 0.2) is 0 Å². The van der Waals surface area contributed by atoms with Crippen LogP contribution in [0.3, 0.4) is 0 Å². The first-order valence-electron chi connectivity index (χ1n) is 21.9. The predicted octanol–water partition coefficient (Wildman–Crippen LogP) is 9.48. The molecule has 0 rings (SSSR count). The second-order valence-electron chi connectivity index (χ2n) is 21.3. The van der Waals surface area contributed by atoms with Crippen LogP contribution in [0.4, 0.5) is 0 Å². The summed E-state index contributed by atoms with van der Waals surface area (Å²) < 4.78 is 31.7. The highest BCUT2D eigenvalue weighted by atomic mass is 16.6. The minimum Gasteiger partial charge on any atom is -0.481 e. The van der Waals surface area contributed by atoms with Gasteiger partial charge in [-0.25, -0.2) is 0 Å². The van der Waals surface area contributed by atoms with Crippen molar-refractivity contribution >= 4 is 47.8 Å². The van der Waals surface area contributed by atoms with Crippen LogP contribution >= 0.6 is 0 Å². The van der Waals surface area contributed by atoms with Crippen LogP contribution < -0.4 is 0 Å². The van der Waals surface area contributed by atoms with E-state index in [0.717, 1.165) is 19.3 Å². The molecule has 16 heteroatoms. The molecule has 368 valence electrons. The second kappa shape index (κ2) is 28.5. The van der Waals surface area contributed by atoms with Crippen LogP contribution in [0.1, 0.15) is 208 Å². The lowest BCUT2D eigenvalue weighted by atomic mass is 9.96. The van der Waals surface area contributed by atoms with Crippen molar-refractivity contribution in [1.29, 1.82) is 0 Å². The van der Waals surface area contributed by atoms with Crippen molar-refractivity contribution in [2.75, 3.05) is 0 Å². The largest absolute Gasteiger partial charge is 0.481 e. The quantitative estimate of drug-likeness (QED) is 0.0501. The van der Waals surface area contributed by atoms with E-state index >= 15 is 0 Å². The van der Waals surface area contributed by atoms with E-state index in [0.29, 0.717) is 32.1 Å². The molecule has 0 aromatic rings. The van der Waals surface area contributed by atoms with Gasteiger partial charge < -0.3 is 38.6 Å². The number of esters is 6. The number of hydrogen-bond donors (Lipinski definition) is 2. The first kappa shape index (κ1) is 63.1. The van der Waals surface area contributed by atoms with Crippen molar-refractivity contribution in [3.8, 4) is 0 Å². The fraction of sp³-hybridized carbons (Fsp3) is 0.830. The summed E-state index contributed by atoms with van der Waals surface area (Å²) in [7, 11) is 0. The number of carbonyl (C=O) groups is 8. The third kappa shape index (κ3) is 44.2. The maximum absolute atomic E-state index is 12.7. The number of rotatable bonds is 20. The Labute approximate surface area is 377 Å². The molecule has 0 aliphatic carbocycles. The lowest BCUT2D eigenvalue weighted by Crippen LogP contribution is -2.37. The van der Waals surface area contributed by atoms with Gasteiger partial charge in [0.2, 0.25) is 0 Å². The first-order valence-corrected chi connectivity index (χ1v) is 21.9. The molecule has 63 heavy (non-hydrogen) atoms. The summed E-state index contributed by atoms with van der Waals surface area (Å²) in [4.78, 5) is 93.3. The van der Waals surface area contributed by atoms with E-state index in [1.807, 2.05) is 0 Å². The topological polar surface area (TPSA) is 232 Å². The zero-order chi connectivity index (χ0) is 50.2. The van der Waals surface area contributed by atoms with Gasteiger partial charge in [-0.1, -0.05) is 38.5 Å². The Morgan fingerprint density at radius 2 is 0.540 bits per heavy atom. The maximum Gasteiger partial charge on any atom is 0.320 e. The molecule has 0 spiro atoms. The van der Waals surface area contributed by atoms with Gasteiger partial charge in [-0.2, -0.15) is 0 Å². The third-order valence-electron chi connectivity index (χ3n) is 7.16. The molecule has 0 aliphatic heterocycles. The van der Waals surface area contributed by atoms with Crippen LogP contribution in [0.25, 0.3) is 0 Å². The van der Waals surface area contributed by atoms with Crippen molar-refractivity contribution in [3.63, 3.8) is 0 Å². The smallest absolute Gasteiger partial charge is 0.320 e. The van der Waals surface area contributed by atoms with E-state index in [-0.39, 0.29) is 32.1 Å². The number of hydrogen-bond acceptors (Lipinski definition) is 14. The minimum atomic E-state index is -1.04. The van der Waals surface area contributed by atoms with Crippen molar-refractivity contribution in [2.24, 2.45) is 11.8 Å². The highest BCUT2D eigenvalue weighted by Gasteiger charge is 2.36. The standard InChI is InChI=1S/C27H48O8.C11H20O4.C9H16O4/c1-24(2,3)32-20(28)18(21(29)33-25(4,5)6)16-14-13-15-17-19(22(30)34-26(7,8)9)23(31)35-27(10,11)12;1-10(2,3)14-8(12)7-9(13)15-11(4,5)6;10-8(11)6-4-2-1-3-5-7-9(12)13/h18-19H,13-17H2,1-12H3;7H2,1-6H3;1-7H2,(H,10,11)(H,12,13). The minimum absolute atomic E-state index is 0.221. The molecule has 0 aliphatic rings. The Hall–Kier alpha value is -4.24. The summed E-state index contributed by atoms with van der Waals surface area (Å²) in [6.45, 7) is 31.4. The lowest BCUT2D eigenvalue weighted by Gasteiger charge is -2.26. The average molecular weight is 905 g/mol. The monoisotopic (exact) mass is 905 g/mol. The van der Waals surface area contributed by atoms with Gasteiger partial charge in [-0.05, 0) is 150 Å². The molecular weight excluding hydrogens is 821 g/mol. The molecule has 0 aromatic carbocycles. The van der Waals surface area contributed by atoms with E-state index in [9.17, 15) is 38.4 Å². The number of carbonyl (C=O) groups excluding carboxylic acids is 6. The van der Waals surface area contributed by atoms with Crippen molar-refractivity contribution in [1.82, 2.24) is 0 Å². The molecule has 0 heterocycles. The summed E-state index contributed by atoms with van der Waals surface area (Å²) >= 11 is 0. The summed E-state index contributed by atoms with van der Waals surface area (Å²) in [5, 5.41) is 16.6. The average Bonchev–Trinajstić information content (AvgIpc) is 2.98. The van der Waals surface area contributed by atoms with Gasteiger partial charge in [0.15, 0.2) is 11.8 Å². The normalized spacial score (nSPS) is 12.1. The van der Waals surface area contributed by atoms with Crippen LogP contribution in [0, 0.1) is 11.8 Å². The van der Waals surface area contributed by atoms with Crippen LogP contribution in [-0.4, -0.2) is 91.6 Å². The Morgan fingerprint density at radius 3 is 0.746 bits per heavy atom. The molecule has 0 fully saturated rings. The van der Waals surface area contributed by atoms with Gasteiger partial charge in [-0.15, -0.1) is 0 Å². The Morgan fingerprint density at radius 1 is 0.333 bits per heavy atom. The van der Waals surface area contributed by atoms with E-state index in [4.69, 9.17) is 38.6 Å². The second-order valence-corrected chi connectivity index (χ2v) is 21.3. The van der Waals surface area contributed by atoms with Crippen molar-refractivity contribution in [3.05, 3.63) is 0 Å². The van der Waals surface area contributed by atoms with Crippen LogP contribution in [0.2, 0.25) is 0 Å². The Kier molecular flexibility index (Phi) is 28.6. The molecule has 0 radical (unpaired) electrons. The molecule has 0 unspecified atom stereocenters. The highest BCUT2D eigenvalue weighted by Crippen LogP contribution is 2.24. The van der Waals surface area contributed by atoms with Gasteiger partial charge in [-0.3, -0.25) is 38.4 Å². The van der Waals surface area contributed by atoms with Gasteiger partial charge in [0.05, 0.1) is 0 Å². The summed E-state index contributed by atoms with van der Waals surface area (Å²) in [5.41, 5.74) is -4.06. The van der Waals surface area contributed by atoms with E-state index in [1.165, 1.54) is 0 Å². The molecular formula is C47H84O16. The Bertz CT molecular complexity index is 1280. The van der Waals surface area contributed by atoms with Crippen LogP contribution in [0.5, 0.6) is 0 Å². The number of carboxylic acids is 2. The molecule has 0 saturated heterocycles. The highest BCUT2D eigenvalue weighted by molar-refractivity contribution is 5.96. The zero-order valence-corrected chi connectivity index (χ0v) is 42.0. The van der Waals surface area contributed by atoms with Gasteiger partial charge in [0.25, 0.3) is 0 Å². The van der Waals surface area contributed by atoms with Crippen molar-refractivity contribution < 1.29 is 77.0 Å². The number of carboxylic acid groups (broad SMARTS) is 2. The lowest BCUT2D eigenvalue weighted by molar-refractivity contribution is -0.176. The molecule has 0 atom stereocenters. The molecule has 16 nitrogen and oxygen atoms in total. The molecule has 0 saturated carbocycles. The Balaban J connectivity index is -0.00000105. The SMILES string of the molecule is CC(C)(C)OC(=O)C(CCCCCC(C(=O)OC(C)(C)C)C(=O)OC(C)(C)C)C(=O)OC(C)(C)C.CC(C)(C)OC(=O)CC(=O)OC(C)(C)C.O=C(O)CCCCCCCC(=O)O. The maximum atomic E-state index is 12.7. The molecule has 0 bridgehead atoms. The van der Waals surface area contributed by atoms with Crippen LogP contribution in [-0.2, 0) is 66.8 Å². The number of ether oxygens (including phenoxy) is 6. The number of aliphatic carboxylic acids is 2. The molecule has 2 N–H and O–H groups in total. The third-order valence-corrected chi connectivity index (χ3v) is 7.16. The predicted molar refractivity (Wildman–Crippen MR) is 237 cm³/mol. The summed E-state index contributed by atoms with van der Waals surface area (Å²) in [6, 6.07) is 0. The van der Waals surface area contributed by atoms with Gasteiger partial charge in [0, 0.05) is 12.8 Å². The van der Waals surface area contributed by atoms with E-state index in [2.05, 4.69) is 0 Å². The van der Waals surface area contributed by atoms with Gasteiger partial charge >= 0.3 is 47.8 Å². The first-order chi connectivity index (χ1) is 28.1. The molecule has 0 amide bonds. The summed E-state index contributed by atoms with van der Waals surface area (Å²) in [5.74, 6) is -7.19.